The number of ether oxygens (including phenoxy) is 1. The summed E-state index contributed by atoms with van der Waals surface area (Å²) in [6, 6.07) is 5.18. The van der Waals surface area contributed by atoms with Crippen LogP contribution in [0.5, 0.6) is 5.75 Å². The van der Waals surface area contributed by atoms with Gasteiger partial charge in [0.2, 0.25) is 0 Å². The molecule has 0 unspecified atom stereocenters. The van der Waals surface area contributed by atoms with Crippen molar-refractivity contribution in [2.45, 2.75) is 26.4 Å². The molecule has 1 nitrogen and oxygen atoms in total. The molecule has 0 aliphatic carbocycles. The van der Waals surface area contributed by atoms with Crippen LogP contribution < -0.4 is 4.74 Å². The van der Waals surface area contributed by atoms with E-state index in [9.17, 15) is 0 Å². The van der Waals surface area contributed by atoms with E-state index in [1.165, 1.54) is 0 Å². The van der Waals surface area contributed by atoms with E-state index in [1.807, 2.05) is 20.8 Å². The molecule has 0 heterocycles. The van der Waals surface area contributed by atoms with Crippen LogP contribution in [0, 0.1) is 0 Å². The topological polar surface area (TPSA) is 9.23 Å². The Labute approximate surface area is 88.6 Å². The lowest BCUT2D eigenvalue weighted by Crippen LogP contribution is -2.23. The summed E-state index contributed by atoms with van der Waals surface area (Å²) in [6.07, 6.45) is 0. The summed E-state index contributed by atoms with van der Waals surface area (Å²) in [4.78, 5) is 0. The number of rotatable bonds is 1. The maximum absolute atomic E-state index is 5.92. The number of hydrogen-bond donors (Lipinski definition) is 0. The fourth-order valence-corrected chi connectivity index (χ4v) is 1.20. The van der Waals surface area contributed by atoms with Gasteiger partial charge in [0.1, 0.15) is 11.4 Å². The maximum atomic E-state index is 5.92. The Kier molecular flexibility index (Phi) is 3.09. The lowest BCUT2D eigenvalue weighted by molar-refractivity contribution is 0.131. The van der Waals surface area contributed by atoms with Crippen LogP contribution in [0.25, 0.3) is 0 Å². The zero-order valence-corrected chi connectivity index (χ0v) is 9.41. The molecule has 1 aromatic rings. The Bertz CT molecular complexity index is 302. The molecule has 1 aromatic carbocycles. The van der Waals surface area contributed by atoms with E-state index in [0.717, 1.165) is 0 Å². The Morgan fingerprint density at radius 2 is 1.77 bits per heavy atom. The highest BCUT2D eigenvalue weighted by Gasteiger charge is 2.14. The predicted octanol–water partition coefficient (Wildman–Crippen LogP) is 4.17. The molecule has 72 valence electrons. The summed E-state index contributed by atoms with van der Waals surface area (Å²) < 4.78 is 5.60. The van der Waals surface area contributed by atoms with Gasteiger partial charge in [0.15, 0.2) is 0 Å². The first kappa shape index (κ1) is 10.7. The minimum Gasteiger partial charge on any atom is -0.487 e. The van der Waals surface area contributed by atoms with Crippen molar-refractivity contribution in [2.24, 2.45) is 0 Å². The summed E-state index contributed by atoms with van der Waals surface area (Å²) in [5.74, 6) is 0.627. The van der Waals surface area contributed by atoms with E-state index in [1.54, 1.807) is 18.2 Å². The van der Waals surface area contributed by atoms with Crippen molar-refractivity contribution >= 4 is 23.2 Å². The molecule has 0 spiro atoms. The molecule has 0 aliphatic rings. The fourth-order valence-electron chi connectivity index (χ4n) is 0.885. The monoisotopic (exact) mass is 218 g/mol. The highest BCUT2D eigenvalue weighted by Crippen LogP contribution is 2.30. The molecule has 0 amide bonds. The summed E-state index contributed by atoms with van der Waals surface area (Å²) in [5.41, 5.74) is -0.256. The van der Waals surface area contributed by atoms with Crippen molar-refractivity contribution in [3.8, 4) is 5.75 Å². The third kappa shape index (κ3) is 3.45. The highest BCUT2D eigenvalue weighted by atomic mass is 35.5. The Morgan fingerprint density at radius 3 is 2.31 bits per heavy atom. The minimum absolute atomic E-state index is 0.256. The maximum Gasteiger partial charge on any atom is 0.140 e. The molecule has 0 bridgehead atoms. The van der Waals surface area contributed by atoms with Crippen molar-refractivity contribution in [3.63, 3.8) is 0 Å². The van der Waals surface area contributed by atoms with Gasteiger partial charge in [0.25, 0.3) is 0 Å². The Morgan fingerprint density at radius 1 is 1.15 bits per heavy atom. The first-order valence-corrected chi connectivity index (χ1v) is 4.78. The van der Waals surface area contributed by atoms with Gasteiger partial charge >= 0.3 is 0 Å². The molecular formula is C10H12Cl2O. The lowest BCUT2D eigenvalue weighted by Gasteiger charge is -2.22. The van der Waals surface area contributed by atoms with E-state index < -0.39 is 0 Å². The van der Waals surface area contributed by atoms with Crippen LogP contribution in [0.1, 0.15) is 20.8 Å². The van der Waals surface area contributed by atoms with Crippen LogP contribution in [0.3, 0.4) is 0 Å². The standard InChI is InChI=1S/C10H12Cl2O/c1-10(2,3)13-9-6-7(11)4-5-8(9)12/h4-6H,1-3H3. The van der Waals surface area contributed by atoms with Crippen LogP contribution in [-0.2, 0) is 0 Å². The average molecular weight is 219 g/mol. The summed E-state index contributed by atoms with van der Waals surface area (Å²) in [7, 11) is 0. The van der Waals surface area contributed by atoms with Gasteiger partial charge in [-0.05, 0) is 32.9 Å². The third-order valence-corrected chi connectivity index (χ3v) is 1.86. The number of hydrogen-bond acceptors (Lipinski definition) is 1. The van der Waals surface area contributed by atoms with Gasteiger partial charge in [-0.1, -0.05) is 23.2 Å². The first-order valence-electron chi connectivity index (χ1n) is 4.02. The molecule has 1 rings (SSSR count). The normalized spacial score (nSPS) is 11.5. The van der Waals surface area contributed by atoms with Gasteiger partial charge in [-0.15, -0.1) is 0 Å². The Hall–Kier alpha value is -0.400. The number of halogens is 2. The van der Waals surface area contributed by atoms with Crippen LogP contribution >= 0.6 is 23.2 Å². The Balaban J connectivity index is 2.94. The van der Waals surface area contributed by atoms with E-state index in [-0.39, 0.29) is 5.60 Å². The highest BCUT2D eigenvalue weighted by molar-refractivity contribution is 6.34. The molecule has 0 saturated carbocycles. The molecule has 0 aromatic heterocycles. The van der Waals surface area contributed by atoms with Crippen molar-refractivity contribution in [2.75, 3.05) is 0 Å². The second kappa shape index (κ2) is 3.77. The van der Waals surface area contributed by atoms with E-state index in [4.69, 9.17) is 27.9 Å². The smallest absolute Gasteiger partial charge is 0.140 e. The largest absolute Gasteiger partial charge is 0.487 e. The summed E-state index contributed by atoms with van der Waals surface area (Å²) in [5, 5.41) is 1.21. The van der Waals surface area contributed by atoms with E-state index in [2.05, 4.69) is 0 Å². The molecule has 0 atom stereocenters. The minimum atomic E-state index is -0.256. The molecule has 0 saturated heterocycles. The summed E-state index contributed by atoms with van der Waals surface area (Å²) >= 11 is 11.7. The van der Waals surface area contributed by atoms with Gasteiger partial charge in [-0.3, -0.25) is 0 Å². The van der Waals surface area contributed by atoms with Gasteiger partial charge in [-0.2, -0.15) is 0 Å². The quantitative estimate of drug-likeness (QED) is 0.688. The lowest BCUT2D eigenvalue weighted by atomic mass is 10.2. The molecule has 3 heteroatoms. The van der Waals surface area contributed by atoms with Crippen LogP contribution in [0.2, 0.25) is 10.0 Å². The SMILES string of the molecule is CC(C)(C)Oc1cc(Cl)ccc1Cl. The molecular weight excluding hydrogens is 207 g/mol. The van der Waals surface area contributed by atoms with Gasteiger partial charge < -0.3 is 4.74 Å². The predicted molar refractivity (Wildman–Crippen MR) is 56.8 cm³/mol. The summed E-state index contributed by atoms with van der Waals surface area (Å²) in [6.45, 7) is 5.89. The first-order chi connectivity index (χ1) is 5.88. The zero-order valence-electron chi connectivity index (χ0n) is 7.90. The van der Waals surface area contributed by atoms with Gasteiger partial charge in [0, 0.05) is 11.1 Å². The van der Waals surface area contributed by atoms with Gasteiger partial charge in [-0.25, -0.2) is 0 Å². The molecule has 0 N–H and O–H groups in total. The van der Waals surface area contributed by atoms with E-state index in [0.29, 0.717) is 15.8 Å². The fraction of sp³-hybridized carbons (Fsp3) is 0.400. The van der Waals surface area contributed by atoms with Crippen molar-refractivity contribution in [3.05, 3.63) is 28.2 Å². The zero-order chi connectivity index (χ0) is 10.1. The van der Waals surface area contributed by atoms with Crippen LogP contribution in [0.4, 0.5) is 0 Å². The van der Waals surface area contributed by atoms with Crippen molar-refractivity contribution in [1.29, 1.82) is 0 Å². The molecule has 0 radical (unpaired) electrons. The second-order valence-electron chi connectivity index (χ2n) is 3.79. The van der Waals surface area contributed by atoms with Crippen LogP contribution in [0.15, 0.2) is 18.2 Å². The number of benzene rings is 1. The third-order valence-electron chi connectivity index (χ3n) is 1.31. The second-order valence-corrected chi connectivity index (χ2v) is 4.63. The van der Waals surface area contributed by atoms with Crippen LogP contribution in [-0.4, -0.2) is 5.60 Å². The average Bonchev–Trinajstić information content (AvgIpc) is 1.94. The van der Waals surface area contributed by atoms with Gasteiger partial charge in [0.05, 0.1) is 5.02 Å². The van der Waals surface area contributed by atoms with Crippen molar-refractivity contribution < 1.29 is 4.74 Å². The molecule has 0 aliphatic heterocycles. The van der Waals surface area contributed by atoms with Crippen molar-refractivity contribution in [1.82, 2.24) is 0 Å². The molecule has 0 fully saturated rings. The van der Waals surface area contributed by atoms with E-state index >= 15 is 0 Å². The molecule has 13 heavy (non-hydrogen) atoms.